The largest absolute Gasteiger partial charge is 0.451 e. The van der Waals surface area contributed by atoms with Gasteiger partial charge in [-0.1, -0.05) is 8.96 Å². The van der Waals surface area contributed by atoms with Crippen LogP contribution in [0.15, 0.2) is 0 Å². The summed E-state index contributed by atoms with van der Waals surface area (Å²) in [5, 5.41) is 0. The Labute approximate surface area is 62.4 Å². The average molecular weight is 187 g/mol. The van der Waals surface area contributed by atoms with Gasteiger partial charge in [0.05, 0.1) is 9.47 Å². The minimum Gasteiger partial charge on any atom is -0.451 e. The lowest BCUT2D eigenvalue weighted by molar-refractivity contribution is -0.366. The summed E-state index contributed by atoms with van der Waals surface area (Å²) in [5.74, 6) is -2.36. The van der Waals surface area contributed by atoms with Gasteiger partial charge in [-0.05, 0) is 0 Å². The molecule has 0 amide bonds. The lowest BCUT2D eigenvalue weighted by atomic mass is 10.5. The van der Waals surface area contributed by atoms with E-state index in [1.807, 2.05) is 0 Å². The van der Waals surface area contributed by atoms with Gasteiger partial charge in [-0.25, -0.2) is 4.79 Å². The molecule has 0 rings (SSSR count). The SMILES string of the molecule is O=C(CC(=O)ON(F)F)OP. The second-order valence-electron chi connectivity index (χ2n) is 1.33. The van der Waals surface area contributed by atoms with Crippen molar-refractivity contribution >= 4 is 21.4 Å². The van der Waals surface area contributed by atoms with E-state index in [1.54, 1.807) is 9.47 Å². The summed E-state index contributed by atoms with van der Waals surface area (Å²) in [6.45, 7) is 0. The molecule has 0 saturated heterocycles. The molecule has 8 heteroatoms. The number of carbonyl (C=O) groups excluding carboxylic acids is 2. The first-order chi connectivity index (χ1) is 5.06. The van der Waals surface area contributed by atoms with Crippen LogP contribution in [-0.2, 0) is 19.0 Å². The Morgan fingerprint density at radius 1 is 1.36 bits per heavy atom. The maximum atomic E-state index is 11.1. The molecule has 0 aliphatic rings. The maximum absolute atomic E-state index is 11.1. The topological polar surface area (TPSA) is 55.8 Å². The van der Waals surface area contributed by atoms with Crippen molar-refractivity contribution in [2.75, 3.05) is 0 Å². The maximum Gasteiger partial charge on any atom is 0.342 e. The summed E-state index contributed by atoms with van der Waals surface area (Å²) < 4.78 is 26.1. The summed E-state index contributed by atoms with van der Waals surface area (Å²) >= 11 is 0. The smallest absolute Gasteiger partial charge is 0.342 e. The van der Waals surface area contributed by atoms with Gasteiger partial charge < -0.3 is 9.36 Å². The molecule has 0 heterocycles. The van der Waals surface area contributed by atoms with E-state index < -0.39 is 23.9 Å². The second-order valence-corrected chi connectivity index (χ2v) is 1.57. The summed E-state index contributed by atoms with van der Waals surface area (Å²) in [7, 11) is 1.57. The van der Waals surface area contributed by atoms with Gasteiger partial charge in [0.1, 0.15) is 6.42 Å². The molecule has 0 bridgehead atoms. The lowest BCUT2D eigenvalue weighted by Gasteiger charge is -1.99. The van der Waals surface area contributed by atoms with Crippen LogP contribution in [0.3, 0.4) is 0 Å². The minimum absolute atomic E-state index is 0.853. The zero-order chi connectivity index (χ0) is 8.85. The van der Waals surface area contributed by atoms with Gasteiger partial charge in [-0.15, -0.1) is 0 Å². The van der Waals surface area contributed by atoms with Gasteiger partial charge in [0.15, 0.2) is 0 Å². The Hall–Kier alpha value is -0.810. The Morgan fingerprint density at radius 3 is 2.27 bits per heavy atom. The van der Waals surface area contributed by atoms with Crippen LogP contribution in [0.2, 0.25) is 0 Å². The van der Waals surface area contributed by atoms with Gasteiger partial charge in [0.2, 0.25) is 5.51 Å². The first-order valence-electron chi connectivity index (χ1n) is 2.28. The highest BCUT2D eigenvalue weighted by Gasteiger charge is 2.14. The molecule has 1 unspecified atom stereocenters. The Kier molecular flexibility index (Phi) is 4.56. The van der Waals surface area contributed by atoms with Crippen molar-refractivity contribution in [1.82, 2.24) is 5.51 Å². The van der Waals surface area contributed by atoms with E-state index in [1.165, 1.54) is 0 Å². The first-order valence-corrected chi connectivity index (χ1v) is 2.75. The summed E-state index contributed by atoms with van der Waals surface area (Å²) in [6, 6.07) is 0. The number of rotatable bonds is 3. The van der Waals surface area contributed by atoms with Gasteiger partial charge in [0.25, 0.3) is 0 Å². The monoisotopic (exact) mass is 187 g/mol. The van der Waals surface area contributed by atoms with Crippen LogP contribution in [0.25, 0.3) is 0 Å². The van der Waals surface area contributed by atoms with Gasteiger partial charge in [0, 0.05) is 0 Å². The quantitative estimate of drug-likeness (QED) is 0.274. The fourth-order valence-corrected chi connectivity index (χ4v) is 0.352. The van der Waals surface area contributed by atoms with E-state index in [0.29, 0.717) is 0 Å². The van der Waals surface area contributed by atoms with Gasteiger partial charge in [-0.3, -0.25) is 4.79 Å². The zero-order valence-electron chi connectivity index (χ0n) is 5.12. The fourth-order valence-electron chi connectivity index (χ4n) is 0.269. The molecule has 0 aliphatic heterocycles. The zero-order valence-corrected chi connectivity index (χ0v) is 6.28. The average Bonchev–Trinajstić information content (AvgIpc) is 1.85. The van der Waals surface area contributed by atoms with Crippen LogP contribution < -0.4 is 0 Å². The van der Waals surface area contributed by atoms with Crippen molar-refractivity contribution in [2.24, 2.45) is 0 Å². The van der Waals surface area contributed by atoms with Crippen molar-refractivity contribution in [1.29, 1.82) is 0 Å². The highest BCUT2D eigenvalue weighted by Crippen LogP contribution is 1.98. The summed E-state index contributed by atoms with van der Waals surface area (Å²) in [5.41, 5.74) is -1.79. The van der Waals surface area contributed by atoms with Crippen molar-refractivity contribution in [3.05, 3.63) is 0 Å². The molecule has 0 aliphatic carbocycles. The Balaban J connectivity index is 3.61. The fraction of sp³-hybridized carbons (Fsp3) is 0.333. The molecule has 0 spiro atoms. The predicted molar refractivity (Wildman–Crippen MR) is 30.6 cm³/mol. The Bertz CT molecular complexity index is 163. The molecule has 5 nitrogen and oxygen atoms in total. The van der Waals surface area contributed by atoms with Crippen LogP contribution in [0, 0.1) is 0 Å². The highest BCUT2D eigenvalue weighted by atomic mass is 31.0. The molecule has 11 heavy (non-hydrogen) atoms. The van der Waals surface area contributed by atoms with Crippen molar-refractivity contribution in [2.45, 2.75) is 6.42 Å². The number of carbonyl (C=O) groups is 2. The van der Waals surface area contributed by atoms with Crippen LogP contribution >= 0.6 is 9.47 Å². The summed E-state index contributed by atoms with van der Waals surface area (Å²) in [6.07, 6.45) is -0.853. The summed E-state index contributed by atoms with van der Waals surface area (Å²) in [4.78, 5) is 23.5. The molecule has 1 atom stereocenters. The number of hydrogen-bond acceptors (Lipinski definition) is 5. The van der Waals surface area contributed by atoms with E-state index in [9.17, 15) is 18.6 Å². The lowest BCUT2D eigenvalue weighted by Crippen LogP contribution is -2.15. The molecule has 0 aromatic rings. The number of nitrogens with zero attached hydrogens (tertiary/aromatic N) is 1. The molecule has 64 valence electrons. The van der Waals surface area contributed by atoms with Crippen molar-refractivity contribution < 1.29 is 27.9 Å². The Morgan fingerprint density at radius 2 is 1.91 bits per heavy atom. The van der Waals surface area contributed by atoms with Gasteiger partial charge >= 0.3 is 11.9 Å². The molecule has 0 fully saturated rings. The standard InChI is InChI=1S/C3H4F2NO4P/c4-6(5)9-2(7)1-3(8)10-11/h1,11H2. The van der Waals surface area contributed by atoms with Crippen molar-refractivity contribution in [3.63, 3.8) is 0 Å². The van der Waals surface area contributed by atoms with E-state index in [-0.39, 0.29) is 0 Å². The molecule has 0 aromatic carbocycles. The number of hydrogen-bond donors (Lipinski definition) is 0. The third-order valence-corrected chi connectivity index (χ3v) is 0.854. The molecule has 0 saturated carbocycles. The molecule has 0 radical (unpaired) electrons. The van der Waals surface area contributed by atoms with Crippen LogP contribution in [0.4, 0.5) is 8.96 Å². The molecular formula is C3H4F2NO4P. The van der Waals surface area contributed by atoms with E-state index >= 15 is 0 Å². The molecular weight excluding hydrogens is 183 g/mol. The van der Waals surface area contributed by atoms with E-state index in [4.69, 9.17) is 0 Å². The van der Waals surface area contributed by atoms with E-state index in [0.717, 1.165) is 0 Å². The predicted octanol–water partition coefficient (Wildman–Crippen LogP) is 0.239. The number of halogens is 2. The second kappa shape index (κ2) is 4.92. The first kappa shape index (κ1) is 10.2. The minimum atomic E-state index is -1.79. The third kappa shape index (κ3) is 5.63. The van der Waals surface area contributed by atoms with Crippen LogP contribution in [-0.4, -0.2) is 17.4 Å². The van der Waals surface area contributed by atoms with Gasteiger partial charge in [-0.2, -0.15) is 0 Å². The molecule has 0 N–H and O–H groups in total. The van der Waals surface area contributed by atoms with E-state index in [2.05, 4.69) is 9.36 Å². The normalized spacial score (nSPS) is 9.45. The molecule has 0 aromatic heterocycles. The van der Waals surface area contributed by atoms with Crippen LogP contribution in [0.1, 0.15) is 6.42 Å². The highest BCUT2D eigenvalue weighted by molar-refractivity contribution is 7.10. The van der Waals surface area contributed by atoms with Crippen LogP contribution in [0.5, 0.6) is 0 Å². The third-order valence-electron chi connectivity index (χ3n) is 0.591. The van der Waals surface area contributed by atoms with Crippen molar-refractivity contribution in [3.8, 4) is 0 Å².